The summed E-state index contributed by atoms with van der Waals surface area (Å²) < 4.78 is 20.9. The van der Waals surface area contributed by atoms with Crippen molar-refractivity contribution in [2.75, 3.05) is 7.05 Å². The SMILES string of the molecule is CNC(C)c1c(F)cccc1Oc1ccc(Br)cc1C. The molecule has 2 rings (SSSR count). The molecule has 1 atom stereocenters. The summed E-state index contributed by atoms with van der Waals surface area (Å²) in [4.78, 5) is 0. The van der Waals surface area contributed by atoms with E-state index in [4.69, 9.17) is 4.74 Å². The van der Waals surface area contributed by atoms with Crippen molar-refractivity contribution in [1.82, 2.24) is 5.32 Å². The molecule has 0 spiro atoms. The standard InChI is InChI=1S/C16H17BrFNO/c1-10-9-12(17)7-8-14(10)20-15-6-4-5-13(18)16(15)11(2)19-3/h4-9,11,19H,1-3H3. The lowest BCUT2D eigenvalue weighted by atomic mass is 10.1. The molecule has 0 aliphatic rings. The summed E-state index contributed by atoms with van der Waals surface area (Å²) >= 11 is 3.42. The zero-order valence-corrected chi connectivity index (χ0v) is 13.3. The van der Waals surface area contributed by atoms with Gasteiger partial charge >= 0.3 is 0 Å². The summed E-state index contributed by atoms with van der Waals surface area (Å²) in [7, 11) is 1.80. The predicted molar refractivity (Wildman–Crippen MR) is 82.8 cm³/mol. The van der Waals surface area contributed by atoms with Crippen LogP contribution >= 0.6 is 15.9 Å². The lowest BCUT2D eigenvalue weighted by Crippen LogP contribution is -2.15. The Morgan fingerprint density at radius 2 is 1.95 bits per heavy atom. The van der Waals surface area contributed by atoms with Crippen molar-refractivity contribution in [1.29, 1.82) is 0 Å². The van der Waals surface area contributed by atoms with Crippen LogP contribution in [0.15, 0.2) is 40.9 Å². The van der Waals surface area contributed by atoms with Gasteiger partial charge in [0.1, 0.15) is 17.3 Å². The zero-order chi connectivity index (χ0) is 14.7. The molecule has 0 fully saturated rings. The Kier molecular flexibility index (Phi) is 4.78. The van der Waals surface area contributed by atoms with E-state index < -0.39 is 0 Å². The summed E-state index contributed by atoms with van der Waals surface area (Å²) in [6.45, 7) is 3.86. The van der Waals surface area contributed by atoms with E-state index in [0.29, 0.717) is 11.3 Å². The molecule has 0 bridgehead atoms. The van der Waals surface area contributed by atoms with E-state index >= 15 is 0 Å². The van der Waals surface area contributed by atoms with Gasteiger partial charge in [0.05, 0.1) is 0 Å². The molecule has 2 nitrogen and oxygen atoms in total. The molecule has 2 aromatic carbocycles. The second kappa shape index (κ2) is 6.37. The highest BCUT2D eigenvalue weighted by Gasteiger charge is 2.16. The number of hydrogen-bond acceptors (Lipinski definition) is 2. The number of hydrogen-bond donors (Lipinski definition) is 1. The summed E-state index contributed by atoms with van der Waals surface area (Å²) in [5.74, 6) is 1.000. The van der Waals surface area contributed by atoms with Crippen LogP contribution in [0.4, 0.5) is 4.39 Å². The molecular formula is C16H17BrFNO. The average molecular weight is 338 g/mol. The summed E-state index contributed by atoms with van der Waals surface area (Å²) in [5.41, 5.74) is 1.53. The van der Waals surface area contributed by atoms with Gasteiger partial charge in [0.15, 0.2) is 0 Å². The number of aryl methyl sites for hydroxylation is 1. The quantitative estimate of drug-likeness (QED) is 0.850. The Morgan fingerprint density at radius 1 is 1.20 bits per heavy atom. The third-order valence-corrected chi connectivity index (χ3v) is 3.73. The van der Waals surface area contributed by atoms with Crippen molar-refractivity contribution >= 4 is 15.9 Å². The number of rotatable bonds is 4. The van der Waals surface area contributed by atoms with Crippen LogP contribution in [0.1, 0.15) is 24.1 Å². The Labute approximate surface area is 127 Å². The predicted octanol–water partition coefficient (Wildman–Crippen LogP) is 4.97. The van der Waals surface area contributed by atoms with Gasteiger partial charge in [-0.2, -0.15) is 0 Å². The molecular weight excluding hydrogens is 321 g/mol. The smallest absolute Gasteiger partial charge is 0.135 e. The van der Waals surface area contributed by atoms with Crippen molar-refractivity contribution in [3.63, 3.8) is 0 Å². The highest BCUT2D eigenvalue weighted by atomic mass is 79.9. The molecule has 2 aromatic rings. The molecule has 4 heteroatoms. The highest BCUT2D eigenvalue weighted by molar-refractivity contribution is 9.10. The van der Waals surface area contributed by atoms with Gasteiger partial charge in [-0.3, -0.25) is 0 Å². The van der Waals surface area contributed by atoms with Crippen molar-refractivity contribution < 1.29 is 9.13 Å². The van der Waals surface area contributed by atoms with Gasteiger partial charge in [0, 0.05) is 16.1 Å². The molecule has 1 unspecified atom stereocenters. The molecule has 20 heavy (non-hydrogen) atoms. The number of nitrogens with one attached hydrogen (secondary N) is 1. The van der Waals surface area contributed by atoms with E-state index in [0.717, 1.165) is 15.8 Å². The molecule has 0 heterocycles. The minimum atomic E-state index is -0.265. The van der Waals surface area contributed by atoms with Gasteiger partial charge < -0.3 is 10.1 Å². The Balaban J connectivity index is 2.40. The van der Waals surface area contributed by atoms with Crippen molar-refractivity contribution in [3.8, 4) is 11.5 Å². The third-order valence-electron chi connectivity index (χ3n) is 3.24. The molecule has 0 saturated heterocycles. The third kappa shape index (κ3) is 3.19. The van der Waals surface area contributed by atoms with Gasteiger partial charge in [-0.05, 0) is 56.8 Å². The molecule has 106 valence electrons. The lowest BCUT2D eigenvalue weighted by Gasteiger charge is -2.18. The minimum Gasteiger partial charge on any atom is -0.457 e. The van der Waals surface area contributed by atoms with Gasteiger partial charge in [-0.1, -0.05) is 22.0 Å². The van der Waals surface area contributed by atoms with Crippen LogP contribution in [0, 0.1) is 12.7 Å². The van der Waals surface area contributed by atoms with Crippen molar-refractivity contribution in [3.05, 3.63) is 57.8 Å². The minimum absolute atomic E-state index is 0.123. The first-order valence-electron chi connectivity index (χ1n) is 6.42. The maximum Gasteiger partial charge on any atom is 0.135 e. The normalized spacial score (nSPS) is 12.2. The monoisotopic (exact) mass is 337 g/mol. The van der Waals surface area contributed by atoms with Gasteiger partial charge in [-0.25, -0.2) is 4.39 Å². The largest absolute Gasteiger partial charge is 0.457 e. The van der Waals surface area contributed by atoms with E-state index in [9.17, 15) is 4.39 Å². The van der Waals surface area contributed by atoms with Crippen LogP contribution in [-0.4, -0.2) is 7.05 Å². The fraction of sp³-hybridized carbons (Fsp3) is 0.250. The second-order valence-electron chi connectivity index (χ2n) is 4.67. The van der Waals surface area contributed by atoms with Crippen molar-refractivity contribution in [2.45, 2.75) is 19.9 Å². The number of ether oxygens (including phenoxy) is 1. The maximum atomic E-state index is 14.0. The van der Waals surface area contributed by atoms with E-state index in [1.807, 2.05) is 32.0 Å². The van der Waals surface area contributed by atoms with Crippen LogP contribution in [0.25, 0.3) is 0 Å². The zero-order valence-electron chi connectivity index (χ0n) is 11.7. The highest BCUT2D eigenvalue weighted by Crippen LogP contribution is 2.33. The van der Waals surface area contributed by atoms with E-state index in [1.165, 1.54) is 6.07 Å². The van der Waals surface area contributed by atoms with Gasteiger partial charge in [0.2, 0.25) is 0 Å². The molecule has 0 aromatic heterocycles. The Hall–Kier alpha value is -1.39. The summed E-state index contributed by atoms with van der Waals surface area (Å²) in [5, 5.41) is 3.04. The molecule has 0 radical (unpaired) electrons. The van der Waals surface area contributed by atoms with Crippen LogP contribution in [0.3, 0.4) is 0 Å². The molecule has 0 saturated carbocycles. The van der Waals surface area contributed by atoms with Crippen molar-refractivity contribution in [2.24, 2.45) is 0 Å². The van der Waals surface area contributed by atoms with Crippen LogP contribution < -0.4 is 10.1 Å². The number of benzene rings is 2. The van der Waals surface area contributed by atoms with E-state index in [2.05, 4.69) is 21.2 Å². The molecule has 0 aliphatic heterocycles. The summed E-state index contributed by atoms with van der Waals surface area (Å²) in [6.07, 6.45) is 0. The van der Waals surface area contributed by atoms with Gasteiger partial charge in [-0.15, -0.1) is 0 Å². The first-order valence-corrected chi connectivity index (χ1v) is 7.22. The Morgan fingerprint density at radius 3 is 2.60 bits per heavy atom. The molecule has 0 aliphatic carbocycles. The second-order valence-corrected chi connectivity index (χ2v) is 5.59. The number of halogens is 2. The first-order chi connectivity index (χ1) is 9.52. The van der Waals surface area contributed by atoms with Crippen LogP contribution in [0.5, 0.6) is 11.5 Å². The van der Waals surface area contributed by atoms with E-state index in [-0.39, 0.29) is 11.9 Å². The fourth-order valence-electron chi connectivity index (χ4n) is 2.02. The fourth-order valence-corrected chi connectivity index (χ4v) is 2.49. The molecule has 0 amide bonds. The Bertz CT molecular complexity index is 615. The van der Waals surface area contributed by atoms with Gasteiger partial charge in [0.25, 0.3) is 0 Å². The van der Waals surface area contributed by atoms with E-state index in [1.54, 1.807) is 19.2 Å². The average Bonchev–Trinajstić information content (AvgIpc) is 2.41. The first kappa shape index (κ1) is 15.0. The summed E-state index contributed by atoms with van der Waals surface area (Å²) in [6, 6.07) is 10.5. The van der Waals surface area contributed by atoms with Crippen LogP contribution in [0.2, 0.25) is 0 Å². The van der Waals surface area contributed by atoms with Crippen LogP contribution in [-0.2, 0) is 0 Å². The lowest BCUT2D eigenvalue weighted by molar-refractivity contribution is 0.450. The molecule has 1 N–H and O–H groups in total. The topological polar surface area (TPSA) is 21.3 Å². The maximum absolute atomic E-state index is 14.0.